The standard InChI is InChI=1S/C30H36F2N4O2/c31-27(32)20-34-29(38)30(24-10-3-1-8-22(24)23-9-2-4-11-25(23)30)15-5-6-17-36-18-13-21(14-19-36)35-28(37)26-12-7-16-33-26/h1-4,7-12,16,21-22,24,27,33H,5-6,13-15,17-20H2,(H,34,38)(H,35,37). The lowest BCUT2D eigenvalue weighted by molar-refractivity contribution is -0.129. The summed E-state index contributed by atoms with van der Waals surface area (Å²) in [6, 6.07) is 11.8. The number of carbonyl (C=O) groups is 2. The Morgan fingerprint density at radius 2 is 1.84 bits per heavy atom. The van der Waals surface area contributed by atoms with Gasteiger partial charge in [0, 0.05) is 37.2 Å². The van der Waals surface area contributed by atoms with Crippen LogP contribution in [0.25, 0.3) is 0 Å². The minimum Gasteiger partial charge on any atom is -0.357 e. The highest BCUT2D eigenvalue weighted by molar-refractivity contribution is 5.92. The first kappa shape index (κ1) is 26.4. The van der Waals surface area contributed by atoms with Crippen molar-refractivity contribution in [2.75, 3.05) is 26.2 Å². The minimum absolute atomic E-state index is 0.0642. The van der Waals surface area contributed by atoms with Crippen LogP contribution in [-0.4, -0.2) is 60.3 Å². The topological polar surface area (TPSA) is 77.2 Å². The van der Waals surface area contributed by atoms with Crippen molar-refractivity contribution in [1.29, 1.82) is 0 Å². The maximum Gasteiger partial charge on any atom is 0.267 e. The number of amides is 2. The fraction of sp³-hybridized carbons (Fsp3) is 0.467. The quantitative estimate of drug-likeness (QED) is 0.401. The van der Waals surface area contributed by atoms with Crippen molar-refractivity contribution in [1.82, 2.24) is 20.5 Å². The number of halogens is 2. The third-order valence-corrected chi connectivity index (χ3v) is 8.39. The lowest BCUT2D eigenvalue weighted by atomic mass is 9.67. The maximum atomic E-state index is 13.6. The molecule has 2 aromatic rings. The van der Waals surface area contributed by atoms with Gasteiger partial charge >= 0.3 is 0 Å². The fourth-order valence-corrected chi connectivity index (χ4v) is 6.54. The number of hydrogen-bond acceptors (Lipinski definition) is 3. The fourth-order valence-electron chi connectivity index (χ4n) is 6.54. The number of H-pyrrole nitrogens is 1. The monoisotopic (exact) mass is 522 g/mol. The van der Waals surface area contributed by atoms with Crippen LogP contribution in [0.3, 0.4) is 0 Å². The van der Waals surface area contributed by atoms with Gasteiger partial charge in [-0.2, -0.15) is 0 Å². The Balaban J connectivity index is 1.19. The van der Waals surface area contributed by atoms with Gasteiger partial charge in [0.15, 0.2) is 0 Å². The zero-order valence-corrected chi connectivity index (χ0v) is 21.5. The summed E-state index contributed by atoms with van der Waals surface area (Å²) in [5.41, 5.74) is 1.82. The molecule has 6 nitrogen and oxygen atoms in total. The molecule has 0 radical (unpaired) electrons. The van der Waals surface area contributed by atoms with E-state index in [1.54, 1.807) is 12.3 Å². The highest BCUT2D eigenvalue weighted by Crippen LogP contribution is 2.55. The molecule has 0 spiro atoms. The zero-order chi connectivity index (χ0) is 26.5. The number of benzene rings is 1. The number of carbonyl (C=O) groups excluding carboxylic acids is 2. The van der Waals surface area contributed by atoms with Crippen molar-refractivity contribution >= 4 is 11.8 Å². The SMILES string of the molecule is O=C(NC1CCN(CCCCC2(C(=O)NCC(F)F)c3ccccc3C3C=CC=CC32)CC1)c1ccc[nH]1. The van der Waals surface area contributed by atoms with E-state index in [2.05, 4.69) is 38.7 Å². The van der Waals surface area contributed by atoms with Crippen molar-refractivity contribution < 1.29 is 18.4 Å². The lowest BCUT2D eigenvalue weighted by Gasteiger charge is -2.36. The first-order valence-corrected chi connectivity index (χ1v) is 13.7. The van der Waals surface area contributed by atoms with Gasteiger partial charge in [-0.05, 0) is 55.5 Å². The molecule has 8 heteroatoms. The molecule has 1 fully saturated rings. The Hall–Kier alpha value is -3.26. The Labute approximate surface area is 222 Å². The van der Waals surface area contributed by atoms with Gasteiger partial charge in [0.25, 0.3) is 12.3 Å². The Kier molecular flexibility index (Phi) is 8.07. The highest BCUT2D eigenvalue weighted by atomic mass is 19.3. The number of hydrogen-bond donors (Lipinski definition) is 3. The molecule has 0 bridgehead atoms. The van der Waals surface area contributed by atoms with Gasteiger partial charge in [-0.25, -0.2) is 8.78 Å². The Morgan fingerprint density at radius 3 is 2.61 bits per heavy atom. The van der Waals surface area contributed by atoms with Crippen LogP contribution in [0, 0.1) is 5.92 Å². The van der Waals surface area contributed by atoms with Crippen molar-refractivity contribution in [3.63, 3.8) is 0 Å². The Bertz CT molecular complexity index is 1170. The average Bonchev–Trinajstić information content (AvgIpc) is 3.57. The molecule has 0 saturated carbocycles. The van der Waals surface area contributed by atoms with Gasteiger partial charge in [-0.1, -0.05) is 55.0 Å². The predicted octanol–water partition coefficient (Wildman–Crippen LogP) is 4.54. The molecule has 1 aromatic heterocycles. The number of nitrogens with one attached hydrogen (secondary N) is 3. The van der Waals surface area contributed by atoms with Gasteiger partial charge in [-0.15, -0.1) is 0 Å². The summed E-state index contributed by atoms with van der Waals surface area (Å²) in [6.45, 7) is 2.11. The van der Waals surface area contributed by atoms with Crippen molar-refractivity contribution in [3.8, 4) is 0 Å². The van der Waals surface area contributed by atoms with Crippen LogP contribution >= 0.6 is 0 Å². The molecule has 1 aromatic carbocycles. The second-order valence-corrected chi connectivity index (χ2v) is 10.6. The number of alkyl halides is 2. The van der Waals surface area contributed by atoms with E-state index in [9.17, 15) is 18.4 Å². The molecule has 5 rings (SSSR count). The molecular formula is C30H36F2N4O2. The second kappa shape index (κ2) is 11.6. The zero-order valence-electron chi connectivity index (χ0n) is 21.5. The van der Waals surface area contributed by atoms with E-state index >= 15 is 0 Å². The second-order valence-electron chi connectivity index (χ2n) is 10.6. The smallest absolute Gasteiger partial charge is 0.267 e. The largest absolute Gasteiger partial charge is 0.357 e. The van der Waals surface area contributed by atoms with E-state index in [0.717, 1.165) is 56.4 Å². The van der Waals surface area contributed by atoms with Crippen LogP contribution in [-0.2, 0) is 10.2 Å². The Morgan fingerprint density at radius 1 is 1.05 bits per heavy atom. The van der Waals surface area contributed by atoms with Crippen LogP contribution in [0.5, 0.6) is 0 Å². The summed E-state index contributed by atoms with van der Waals surface area (Å²) < 4.78 is 26.1. The van der Waals surface area contributed by atoms with E-state index in [1.165, 1.54) is 0 Å². The van der Waals surface area contributed by atoms with Crippen molar-refractivity contribution in [3.05, 3.63) is 83.7 Å². The molecule has 3 aliphatic rings. The molecule has 1 saturated heterocycles. The van der Waals surface area contributed by atoms with Gasteiger partial charge < -0.3 is 20.5 Å². The number of rotatable bonds is 10. The first-order chi connectivity index (χ1) is 18.5. The van der Waals surface area contributed by atoms with E-state index in [0.29, 0.717) is 12.1 Å². The molecule has 38 heavy (non-hydrogen) atoms. The van der Waals surface area contributed by atoms with Crippen LogP contribution in [0.15, 0.2) is 66.9 Å². The predicted molar refractivity (Wildman–Crippen MR) is 143 cm³/mol. The molecule has 3 N–H and O–H groups in total. The molecule has 2 heterocycles. The summed E-state index contributed by atoms with van der Waals surface area (Å²) in [5, 5.41) is 5.68. The summed E-state index contributed by atoms with van der Waals surface area (Å²) in [7, 11) is 0. The van der Waals surface area contributed by atoms with E-state index in [-0.39, 0.29) is 29.7 Å². The highest BCUT2D eigenvalue weighted by Gasteiger charge is 2.54. The molecule has 3 unspecified atom stereocenters. The van der Waals surface area contributed by atoms with Crippen molar-refractivity contribution in [2.24, 2.45) is 5.92 Å². The van der Waals surface area contributed by atoms with Crippen LogP contribution < -0.4 is 10.6 Å². The number of fused-ring (bicyclic) bond motifs is 3. The van der Waals surface area contributed by atoms with Crippen LogP contribution in [0.1, 0.15) is 59.6 Å². The summed E-state index contributed by atoms with van der Waals surface area (Å²) in [6.07, 6.45) is 11.5. The number of unbranched alkanes of at least 4 members (excludes halogenated alkanes) is 1. The summed E-state index contributed by atoms with van der Waals surface area (Å²) in [5.74, 6) is -0.364. The molecule has 3 atom stereocenters. The van der Waals surface area contributed by atoms with Crippen molar-refractivity contribution in [2.45, 2.75) is 55.9 Å². The number of likely N-dealkylation sites (tertiary alicyclic amines) is 1. The normalized spacial score (nSPS) is 24.8. The first-order valence-electron chi connectivity index (χ1n) is 13.7. The van der Waals surface area contributed by atoms with Gasteiger partial charge in [0.1, 0.15) is 5.69 Å². The van der Waals surface area contributed by atoms with E-state index in [1.807, 2.05) is 36.4 Å². The van der Waals surface area contributed by atoms with Gasteiger partial charge in [0.2, 0.25) is 5.91 Å². The van der Waals surface area contributed by atoms with Crippen LogP contribution in [0.4, 0.5) is 8.78 Å². The van der Waals surface area contributed by atoms with Crippen LogP contribution in [0.2, 0.25) is 0 Å². The van der Waals surface area contributed by atoms with Gasteiger partial charge in [-0.3, -0.25) is 9.59 Å². The number of aromatic nitrogens is 1. The molecule has 202 valence electrons. The maximum absolute atomic E-state index is 13.6. The van der Waals surface area contributed by atoms with Gasteiger partial charge in [0.05, 0.1) is 12.0 Å². The lowest BCUT2D eigenvalue weighted by Crippen LogP contribution is -2.49. The number of nitrogens with zero attached hydrogens (tertiary/aromatic N) is 1. The molecule has 2 amide bonds. The third-order valence-electron chi connectivity index (χ3n) is 8.39. The summed E-state index contributed by atoms with van der Waals surface area (Å²) in [4.78, 5) is 31.3. The number of piperidine rings is 1. The number of allylic oxidation sites excluding steroid dienone is 4. The molecular weight excluding hydrogens is 486 g/mol. The molecule has 2 aliphatic carbocycles. The third kappa shape index (κ3) is 5.32. The van der Waals surface area contributed by atoms with E-state index in [4.69, 9.17) is 0 Å². The minimum atomic E-state index is -2.58. The number of aromatic amines is 1. The summed E-state index contributed by atoms with van der Waals surface area (Å²) >= 11 is 0. The molecule has 1 aliphatic heterocycles. The van der Waals surface area contributed by atoms with E-state index < -0.39 is 18.4 Å². The average molecular weight is 523 g/mol.